The van der Waals surface area contributed by atoms with Gasteiger partial charge in [0, 0.05) is 18.4 Å². The van der Waals surface area contributed by atoms with Crippen molar-refractivity contribution in [1.82, 2.24) is 0 Å². The average molecular weight is 453 g/mol. The molecule has 7 heteroatoms. The standard InChI is InChI=1S/C25H22ClFN2O3/c1-13-8-14(2)17(9-15(13)12-31-21-7-6-16(27)10-19(21)26)23-18(11-28)25(29)32-22-5-3-4-20(30)24(22)23/h6-10,23H,3-5,12,29H2,1-2H3/t23-/m1/s1. The van der Waals surface area contributed by atoms with E-state index in [0.29, 0.717) is 36.3 Å². The van der Waals surface area contributed by atoms with Crippen LogP contribution in [-0.4, -0.2) is 5.78 Å². The van der Waals surface area contributed by atoms with Gasteiger partial charge in [0.15, 0.2) is 5.78 Å². The summed E-state index contributed by atoms with van der Waals surface area (Å²) in [6, 6.07) is 10.0. The maximum Gasteiger partial charge on any atom is 0.205 e. The van der Waals surface area contributed by atoms with Crippen LogP contribution in [0.15, 0.2) is 53.1 Å². The van der Waals surface area contributed by atoms with Crippen molar-refractivity contribution in [3.63, 3.8) is 0 Å². The molecular weight excluding hydrogens is 431 g/mol. The smallest absolute Gasteiger partial charge is 0.205 e. The van der Waals surface area contributed by atoms with Crippen LogP contribution in [0.25, 0.3) is 0 Å². The van der Waals surface area contributed by atoms with Crippen molar-refractivity contribution >= 4 is 17.4 Å². The van der Waals surface area contributed by atoms with Crippen molar-refractivity contribution in [3.05, 3.63) is 86.2 Å². The summed E-state index contributed by atoms with van der Waals surface area (Å²) in [5, 5.41) is 10.0. The van der Waals surface area contributed by atoms with Crippen LogP contribution in [-0.2, 0) is 16.1 Å². The van der Waals surface area contributed by atoms with E-state index in [-0.39, 0.29) is 28.9 Å². The summed E-state index contributed by atoms with van der Waals surface area (Å²) in [7, 11) is 0. The fraction of sp³-hybridized carbons (Fsp3) is 0.280. The lowest BCUT2D eigenvalue weighted by Gasteiger charge is -2.32. The number of halogens is 2. The van der Waals surface area contributed by atoms with Gasteiger partial charge in [0.1, 0.15) is 35.6 Å². The highest BCUT2D eigenvalue weighted by Gasteiger charge is 2.38. The second-order valence-corrected chi connectivity index (χ2v) is 8.44. The van der Waals surface area contributed by atoms with Gasteiger partial charge in [-0.1, -0.05) is 23.7 Å². The van der Waals surface area contributed by atoms with Gasteiger partial charge in [0.25, 0.3) is 0 Å². The predicted molar refractivity (Wildman–Crippen MR) is 118 cm³/mol. The Hall–Kier alpha value is -3.30. The Kier molecular flexibility index (Phi) is 5.94. The van der Waals surface area contributed by atoms with Crippen molar-refractivity contribution in [3.8, 4) is 11.8 Å². The molecule has 0 radical (unpaired) electrons. The molecule has 2 N–H and O–H groups in total. The molecule has 0 saturated carbocycles. The van der Waals surface area contributed by atoms with E-state index in [4.69, 9.17) is 26.8 Å². The molecular formula is C25H22ClFN2O3. The summed E-state index contributed by atoms with van der Waals surface area (Å²) >= 11 is 6.08. The number of ketones is 1. The molecule has 2 aromatic rings. The zero-order valence-corrected chi connectivity index (χ0v) is 18.6. The lowest BCUT2D eigenvalue weighted by Crippen LogP contribution is -2.28. The molecule has 1 aliphatic carbocycles. The number of nitriles is 1. The zero-order valence-electron chi connectivity index (χ0n) is 17.8. The summed E-state index contributed by atoms with van der Waals surface area (Å²) in [5.41, 5.74) is 10.4. The third-order valence-electron chi connectivity index (χ3n) is 5.92. The largest absolute Gasteiger partial charge is 0.487 e. The van der Waals surface area contributed by atoms with Gasteiger partial charge < -0.3 is 15.2 Å². The monoisotopic (exact) mass is 452 g/mol. The third-order valence-corrected chi connectivity index (χ3v) is 6.21. The Morgan fingerprint density at radius 2 is 2.03 bits per heavy atom. The van der Waals surface area contributed by atoms with Crippen LogP contribution < -0.4 is 10.5 Å². The van der Waals surface area contributed by atoms with Crippen LogP contribution in [0.3, 0.4) is 0 Å². The molecule has 0 unspecified atom stereocenters. The van der Waals surface area contributed by atoms with Crippen molar-refractivity contribution in [2.45, 2.75) is 45.6 Å². The number of rotatable bonds is 4. The number of nitrogens with two attached hydrogens (primary N) is 1. The van der Waals surface area contributed by atoms with Gasteiger partial charge in [-0.2, -0.15) is 5.26 Å². The van der Waals surface area contributed by atoms with E-state index in [2.05, 4.69) is 6.07 Å². The summed E-state index contributed by atoms with van der Waals surface area (Å²) < 4.78 is 24.8. The van der Waals surface area contributed by atoms with E-state index >= 15 is 0 Å². The van der Waals surface area contributed by atoms with Crippen LogP contribution >= 0.6 is 11.6 Å². The molecule has 4 rings (SSSR count). The molecule has 0 bridgehead atoms. The second-order valence-electron chi connectivity index (χ2n) is 8.04. The van der Waals surface area contributed by atoms with Gasteiger partial charge in [-0.05, 0) is 60.7 Å². The van der Waals surface area contributed by atoms with Crippen molar-refractivity contribution in [2.24, 2.45) is 5.73 Å². The van der Waals surface area contributed by atoms with Crippen LogP contribution in [0.2, 0.25) is 5.02 Å². The summed E-state index contributed by atoms with van der Waals surface area (Å²) in [5.74, 6) is -0.0709. The first kappa shape index (κ1) is 21.9. The van der Waals surface area contributed by atoms with Gasteiger partial charge in [0.2, 0.25) is 5.88 Å². The number of Topliss-reactive ketones (excluding diaryl/α,β-unsaturated/α-hetero) is 1. The molecule has 0 saturated heterocycles. The molecule has 1 atom stereocenters. The first-order chi connectivity index (χ1) is 15.3. The normalized spacial score (nSPS) is 18.2. The SMILES string of the molecule is Cc1cc(C)c([C@@H]2C(C#N)=C(N)OC3=C2C(=O)CCC3)cc1COc1ccc(F)cc1Cl. The highest BCUT2D eigenvalue weighted by Crippen LogP contribution is 2.44. The molecule has 1 heterocycles. The predicted octanol–water partition coefficient (Wildman–Crippen LogP) is 5.49. The van der Waals surface area contributed by atoms with E-state index in [0.717, 1.165) is 22.3 Å². The van der Waals surface area contributed by atoms with E-state index in [1.54, 1.807) is 0 Å². The van der Waals surface area contributed by atoms with Crippen molar-refractivity contribution in [1.29, 1.82) is 5.26 Å². The molecule has 0 fully saturated rings. The molecule has 1 aliphatic heterocycles. The van der Waals surface area contributed by atoms with Crippen molar-refractivity contribution in [2.75, 3.05) is 0 Å². The Balaban J connectivity index is 1.75. The molecule has 5 nitrogen and oxygen atoms in total. The van der Waals surface area contributed by atoms with E-state index < -0.39 is 11.7 Å². The first-order valence-electron chi connectivity index (χ1n) is 10.3. The topological polar surface area (TPSA) is 85.3 Å². The number of hydrogen-bond donors (Lipinski definition) is 1. The summed E-state index contributed by atoms with van der Waals surface area (Å²) in [6.07, 6.45) is 1.73. The second kappa shape index (κ2) is 8.68. The van der Waals surface area contributed by atoms with Crippen LogP contribution in [0.4, 0.5) is 4.39 Å². The van der Waals surface area contributed by atoms with Crippen molar-refractivity contribution < 1.29 is 18.7 Å². The molecule has 0 spiro atoms. The lowest BCUT2D eigenvalue weighted by atomic mass is 9.75. The minimum atomic E-state index is -0.578. The Morgan fingerprint density at radius 1 is 1.25 bits per heavy atom. The van der Waals surface area contributed by atoms with Crippen LogP contribution in [0.5, 0.6) is 5.75 Å². The first-order valence-corrected chi connectivity index (χ1v) is 10.7. The maximum absolute atomic E-state index is 13.3. The number of ether oxygens (including phenoxy) is 2. The van der Waals surface area contributed by atoms with Crippen LogP contribution in [0, 0.1) is 31.0 Å². The Morgan fingerprint density at radius 3 is 2.75 bits per heavy atom. The highest BCUT2D eigenvalue weighted by atomic mass is 35.5. The highest BCUT2D eigenvalue weighted by molar-refractivity contribution is 6.32. The van der Waals surface area contributed by atoms with Gasteiger partial charge in [0.05, 0.1) is 10.9 Å². The Bertz CT molecular complexity index is 1230. The fourth-order valence-corrected chi connectivity index (χ4v) is 4.52. The van der Waals surface area contributed by atoms with Gasteiger partial charge in [-0.25, -0.2) is 4.39 Å². The van der Waals surface area contributed by atoms with E-state index in [1.165, 1.54) is 18.2 Å². The number of hydrogen-bond acceptors (Lipinski definition) is 5. The average Bonchev–Trinajstić information content (AvgIpc) is 2.73. The Labute approximate surface area is 190 Å². The van der Waals surface area contributed by atoms with Crippen LogP contribution in [0.1, 0.15) is 47.4 Å². The number of carbonyl (C=O) groups is 1. The number of aryl methyl sites for hydroxylation is 2. The van der Waals surface area contributed by atoms with Gasteiger partial charge in [-0.3, -0.25) is 4.79 Å². The third kappa shape index (κ3) is 3.96. The van der Waals surface area contributed by atoms with E-state index in [9.17, 15) is 14.4 Å². The molecule has 0 aromatic heterocycles. The molecule has 2 aromatic carbocycles. The van der Waals surface area contributed by atoms with Gasteiger partial charge >= 0.3 is 0 Å². The number of carbonyl (C=O) groups excluding carboxylic acids is 1. The maximum atomic E-state index is 13.3. The fourth-order valence-electron chi connectivity index (χ4n) is 4.30. The molecule has 2 aliphatic rings. The molecule has 164 valence electrons. The number of nitrogens with zero attached hydrogens (tertiary/aromatic N) is 1. The zero-order chi connectivity index (χ0) is 23.0. The summed E-state index contributed by atoms with van der Waals surface area (Å²) in [6.45, 7) is 4.09. The lowest BCUT2D eigenvalue weighted by molar-refractivity contribution is -0.116. The van der Waals surface area contributed by atoms with Gasteiger partial charge in [-0.15, -0.1) is 0 Å². The minimum absolute atomic E-state index is 0.0210. The quantitative estimate of drug-likeness (QED) is 0.662. The number of benzene rings is 2. The minimum Gasteiger partial charge on any atom is -0.487 e. The summed E-state index contributed by atoms with van der Waals surface area (Å²) in [4.78, 5) is 12.8. The molecule has 32 heavy (non-hydrogen) atoms. The number of allylic oxidation sites excluding steroid dienone is 3. The van der Waals surface area contributed by atoms with E-state index in [1.807, 2.05) is 26.0 Å². The molecule has 0 amide bonds.